The molecule has 0 saturated carbocycles. The zero-order chi connectivity index (χ0) is 17.0. The summed E-state index contributed by atoms with van der Waals surface area (Å²) in [5, 5.41) is 9.82. The van der Waals surface area contributed by atoms with Gasteiger partial charge in [-0.1, -0.05) is 0 Å². The predicted octanol–water partition coefficient (Wildman–Crippen LogP) is 1.79. The Morgan fingerprint density at radius 3 is 2.91 bits per heavy atom. The average Bonchev–Trinajstić information content (AvgIpc) is 2.88. The number of nitrogens with zero attached hydrogens (tertiary/aromatic N) is 3. The van der Waals surface area contributed by atoms with Crippen LogP contribution in [0.15, 0.2) is 6.20 Å². The molecule has 132 valence electrons. The molecule has 0 spiro atoms. The summed E-state index contributed by atoms with van der Waals surface area (Å²) in [6.45, 7) is 4.48. The molecule has 1 aromatic heterocycles. The van der Waals surface area contributed by atoms with Gasteiger partial charge in [0.1, 0.15) is 5.82 Å². The lowest BCUT2D eigenvalue weighted by molar-refractivity contribution is -0.141. The minimum Gasteiger partial charge on any atom is -0.389 e. The van der Waals surface area contributed by atoms with Gasteiger partial charge in [0.15, 0.2) is 5.69 Å². The summed E-state index contributed by atoms with van der Waals surface area (Å²) in [4.78, 5) is 5.69. The topological polar surface area (TPSA) is 50.5 Å². The van der Waals surface area contributed by atoms with E-state index in [1.165, 1.54) is 0 Å². The summed E-state index contributed by atoms with van der Waals surface area (Å²) in [6.07, 6.45) is -2.48. The molecule has 1 N–H and O–H groups in total. The van der Waals surface area contributed by atoms with Crippen molar-refractivity contribution in [3.05, 3.63) is 17.7 Å². The van der Waals surface area contributed by atoms with Crippen molar-refractivity contribution in [2.45, 2.75) is 38.6 Å². The van der Waals surface area contributed by atoms with E-state index in [9.17, 15) is 18.3 Å². The Balaban J connectivity index is 1.86. The van der Waals surface area contributed by atoms with Gasteiger partial charge in [0, 0.05) is 38.9 Å². The van der Waals surface area contributed by atoms with Crippen molar-refractivity contribution in [3.8, 4) is 0 Å². The summed E-state index contributed by atoms with van der Waals surface area (Å²) in [6, 6.07) is 0. The summed E-state index contributed by atoms with van der Waals surface area (Å²) >= 11 is 0. The van der Waals surface area contributed by atoms with Gasteiger partial charge < -0.3 is 19.3 Å². The maximum atomic E-state index is 12.7. The van der Waals surface area contributed by atoms with Gasteiger partial charge >= 0.3 is 6.18 Å². The standard InChI is InChI=1S/C15H24F3N3O2/c1-3-23-10-12(22)8-20(2)6-11-4-5-14-19-13(15(16,17)18)9-21(14)7-11/h9,11-12,22H,3-8,10H2,1-2H3/t11-,12+/m0/s1. The molecule has 0 saturated heterocycles. The Kier molecular flexibility index (Phi) is 6.05. The lowest BCUT2D eigenvalue weighted by Gasteiger charge is -2.29. The first-order chi connectivity index (χ1) is 10.8. The third-order valence-electron chi connectivity index (χ3n) is 3.99. The van der Waals surface area contributed by atoms with Crippen LogP contribution in [0.4, 0.5) is 13.2 Å². The summed E-state index contributed by atoms with van der Waals surface area (Å²) < 4.78 is 44.9. The Labute approximate surface area is 134 Å². The van der Waals surface area contributed by atoms with Crippen LogP contribution in [-0.2, 0) is 23.9 Å². The van der Waals surface area contributed by atoms with Crippen LogP contribution in [-0.4, -0.2) is 59.0 Å². The molecule has 2 heterocycles. The largest absolute Gasteiger partial charge is 0.434 e. The number of halogens is 3. The zero-order valence-corrected chi connectivity index (χ0v) is 13.5. The smallest absolute Gasteiger partial charge is 0.389 e. The number of aromatic nitrogens is 2. The van der Waals surface area contributed by atoms with Gasteiger partial charge in [0.2, 0.25) is 0 Å². The van der Waals surface area contributed by atoms with Crippen LogP contribution in [0.1, 0.15) is 24.9 Å². The van der Waals surface area contributed by atoms with Crippen LogP contribution >= 0.6 is 0 Å². The molecule has 5 nitrogen and oxygen atoms in total. The monoisotopic (exact) mass is 335 g/mol. The maximum Gasteiger partial charge on any atom is 0.434 e. The highest BCUT2D eigenvalue weighted by molar-refractivity contribution is 5.09. The first-order valence-electron chi connectivity index (χ1n) is 7.87. The number of fused-ring (bicyclic) bond motifs is 1. The van der Waals surface area contributed by atoms with Crippen LogP contribution in [0.5, 0.6) is 0 Å². The molecule has 23 heavy (non-hydrogen) atoms. The van der Waals surface area contributed by atoms with Gasteiger partial charge in [-0.2, -0.15) is 13.2 Å². The van der Waals surface area contributed by atoms with E-state index in [0.717, 1.165) is 19.2 Å². The van der Waals surface area contributed by atoms with Crippen LogP contribution in [0.25, 0.3) is 0 Å². The second-order valence-electron chi connectivity index (χ2n) is 6.13. The number of likely N-dealkylation sites (N-methyl/N-ethyl adjacent to an activating group) is 1. The van der Waals surface area contributed by atoms with E-state index < -0.39 is 18.0 Å². The number of aryl methyl sites for hydroxylation is 1. The minimum atomic E-state index is -4.39. The fourth-order valence-corrected chi connectivity index (χ4v) is 2.98. The van der Waals surface area contributed by atoms with E-state index in [4.69, 9.17) is 4.74 Å². The van der Waals surface area contributed by atoms with Crippen LogP contribution < -0.4 is 0 Å². The Hall–Kier alpha value is -1.12. The minimum absolute atomic E-state index is 0.252. The van der Waals surface area contributed by atoms with Crippen molar-refractivity contribution in [2.24, 2.45) is 5.92 Å². The highest BCUT2D eigenvalue weighted by atomic mass is 19.4. The van der Waals surface area contributed by atoms with Crippen LogP contribution in [0, 0.1) is 5.92 Å². The Morgan fingerprint density at radius 1 is 1.52 bits per heavy atom. The molecule has 8 heteroatoms. The highest BCUT2D eigenvalue weighted by Crippen LogP contribution is 2.30. The SMILES string of the molecule is CCOC[C@H](O)CN(C)C[C@@H]1CCc2nc(C(F)(F)F)cn2C1. The molecule has 0 fully saturated rings. The Morgan fingerprint density at radius 2 is 2.26 bits per heavy atom. The summed E-state index contributed by atoms with van der Waals surface area (Å²) in [5.74, 6) is 0.759. The van der Waals surface area contributed by atoms with E-state index in [1.807, 2.05) is 18.9 Å². The number of imidazole rings is 1. The van der Waals surface area contributed by atoms with Crippen molar-refractivity contribution < 1.29 is 23.0 Å². The summed E-state index contributed by atoms with van der Waals surface area (Å²) in [7, 11) is 1.90. The molecule has 1 aromatic rings. The van der Waals surface area contributed by atoms with E-state index in [2.05, 4.69) is 4.98 Å². The van der Waals surface area contributed by atoms with E-state index >= 15 is 0 Å². The molecule has 0 radical (unpaired) electrons. The number of alkyl halides is 3. The van der Waals surface area contributed by atoms with Gasteiger partial charge in [0.05, 0.1) is 12.7 Å². The number of hydrogen-bond donors (Lipinski definition) is 1. The number of hydrogen-bond acceptors (Lipinski definition) is 4. The number of aliphatic hydroxyl groups is 1. The molecular weight excluding hydrogens is 311 g/mol. The molecule has 0 aromatic carbocycles. The van der Waals surface area contributed by atoms with Crippen molar-refractivity contribution in [1.29, 1.82) is 0 Å². The molecular formula is C15H24F3N3O2. The van der Waals surface area contributed by atoms with Crippen molar-refractivity contribution in [3.63, 3.8) is 0 Å². The molecule has 2 rings (SSSR count). The lowest BCUT2D eigenvalue weighted by Crippen LogP contribution is -2.37. The van der Waals surface area contributed by atoms with E-state index in [0.29, 0.717) is 38.5 Å². The first-order valence-corrected chi connectivity index (χ1v) is 7.87. The fraction of sp³-hybridized carbons (Fsp3) is 0.800. The third-order valence-corrected chi connectivity index (χ3v) is 3.99. The van der Waals surface area contributed by atoms with Gasteiger partial charge in [-0.05, 0) is 26.3 Å². The van der Waals surface area contributed by atoms with Crippen LogP contribution in [0.2, 0.25) is 0 Å². The van der Waals surface area contributed by atoms with Gasteiger partial charge in [0.25, 0.3) is 0 Å². The molecule has 2 atom stereocenters. The second-order valence-corrected chi connectivity index (χ2v) is 6.13. The van der Waals surface area contributed by atoms with Gasteiger partial charge in [-0.25, -0.2) is 4.98 Å². The maximum absolute atomic E-state index is 12.7. The third kappa shape index (κ3) is 5.19. The zero-order valence-electron chi connectivity index (χ0n) is 13.5. The normalized spacial score (nSPS) is 19.9. The molecule has 1 aliphatic heterocycles. The highest BCUT2D eigenvalue weighted by Gasteiger charge is 2.35. The average molecular weight is 335 g/mol. The van der Waals surface area contributed by atoms with Crippen molar-refractivity contribution >= 4 is 0 Å². The van der Waals surface area contributed by atoms with E-state index in [-0.39, 0.29) is 5.92 Å². The quantitative estimate of drug-likeness (QED) is 0.825. The molecule has 0 amide bonds. The molecule has 0 unspecified atom stereocenters. The van der Waals surface area contributed by atoms with Gasteiger partial charge in [-0.15, -0.1) is 0 Å². The number of aliphatic hydroxyl groups excluding tert-OH is 1. The molecule has 0 bridgehead atoms. The second kappa shape index (κ2) is 7.63. The Bertz CT molecular complexity index is 505. The number of ether oxygens (including phenoxy) is 1. The predicted molar refractivity (Wildman–Crippen MR) is 79.0 cm³/mol. The first kappa shape index (κ1) is 18.2. The van der Waals surface area contributed by atoms with Crippen molar-refractivity contribution in [2.75, 3.05) is 33.4 Å². The fourth-order valence-electron chi connectivity index (χ4n) is 2.98. The number of rotatable bonds is 7. The summed E-state index contributed by atoms with van der Waals surface area (Å²) in [5.41, 5.74) is -0.811. The van der Waals surface area contributed by atoms with E-state index in [1.54, 1.807) is 4.57 Å². The van der Waals surface area contributed by atoms with Gasteiger partial charge in [-0.3, -0.25) is 0 Å². The van der Waals surface area contributed by atoms with Crippen molar-refractivity contribution in [1.82, 2.24) is 14.5 Å². The van der Waals surface area contributed by atoms with Crippen LogP contribution in [0.3, 0.4) is 0 Å². The molecule has 1 aliphatic rings. The molecule has 0 aliphatic carbocycles. The lowest BCUT2D eigenvalue weighted by atomic mass is 9.99.